The van der Waals surface area contributed by atoms with Crippen molar-refractivity contribution < 1.29 is 5.11 Å². The number of aromatic hydroxyl groups is 1. The molecule has 0 fully saturated rings. The van der Waals surface area contributed by atoms with Gasteiger partial charge in [-0.1, -0.05) is 24.8 Å². The van der Waals surface area contributed by atoms with Crippen LogP contribution in [0, 0.1) is 0 Å². The monoisotopic (exact) mass is 237 g/mol. The van der Waals surface area contributed by atoms with Crippen LogP contribution < -0.4 is 0 Å². The second-order valence-electron chi connectivity index (χ2n) is 3.93. The van der Waals surface area contributed by atoms with Crippen LogP contribution in [0.15, 0.2) is 49.0 Å². The lowest BCUT2D eigenvalue weighted by atomic mass is 10.1. The summed E-state index contributed by atoms with van der Waals surface area (Å²) in [6.07, 6.45) is 1.67. The SMILES string of the molecule is C=Cc1cc(O)ccc1-n1nc2ccccc2n1. The Bertz CT molecular complexity index is 698. The van der Waals surface area contributed by atoms with Gasteiger partial charge in [-0.15, -0.1) is 15.0 Å². The smallest absolute Gasteiger partial charge is 0.116 e. The van der Waals surface area contributed by atoms with Gasteiger partial charge in [-0.3, -0.25) is 0 Å². The first-order chi connectivity index (χ1) is 8.78. The van der Waals surface area contributed by atoms with E-state index in [1.807, 2.05) is 24.3 Å². The highest BCUT2D eigenvalue weighted by Gasteiger charge is 2.07. The van der Waals surface area contributed by atoms with E-state index < -0.39 is 0 Å². The Morgan fingerprint density at radius 3 is 2.33 bits per heavy atom. The standard InChI is InChI=1S/C14H11N3O/c1-2-10-9-11(18)7-8-14(10)17-15-12-5-3-4-6-13(12)16-17/h2-9,18H,1H2. The van der Waals surface area contributed by atoms with E-state index in [1.54, 1.807) is 29.1 Å². The number of hydrogen-bond acceptors (Lipinski definition) is 3. The number of fused-ring (bicyclic) bond motifs is 1. The van der Waals surface area contributed by atoms with E-state index in [2.05, 4.69) is 16.8 Å². The Morgan fingerprint density at radius 1 is 1.06 bits per heavy atom. The summed E-state index contributed by atoms with van der Waals surface area (Å²) in [6, 6.07) is 12.7. The van der Waals surface area contributed by atoms with Crippen LogP contribution in [0.5, 0.6) is 5.75 Å². The third kappa shape index (κ3) is 1.64. The molecule has 0 amide bonds. The van der Waals surface area contributed by atoms with Gasteiger partial charge in [0.2, 0.25) is 0 Å². The molecule has 0 saturated heterocycles. The number of phenols is 1. The summed E-state index contributed by atoms with van der Waals surface area (Å²) in [5, 5.41) is 18.3. The lowest BCUT2D eigenvalue weighted by molar-refractivity contribution is 0.475. The first kappa shape index (κ1) is 10.5. The van der Waals surface area contributed by atoms with Gasteiger partial charge in [-0.25, -0.2) is 0 Å². The third-order valence-corrected chi connectivity index (χ3v) is 2.73. The van der Waals surface area contributed by atoms with E-state index in [1.165, 1.54) is 0 Å². The number of nitrogens with zero attached hydrogens (tertiary/aromatic N) is 3. The molecular weight excluding hydrogens is 226 g/mol. The summed E-state index contributed by atoms with van der Waals surface area (Å²) < 4.78 is 0. The summed E-state index contributed by atoms with van der Waals surface area (Å²) >= 11 is 0. The molecule has 0 aliphatic carbocycles. The van der Waals surface area contributed by atoms with Crippen molar-refractivity contribution in [2.45, 2.75) is 0 Å². The molecule has 88 valence electrons. The highest BCUT2D eigenvalue weighted by Crippen LogP contribution is 2.21. The van der Waals surface area contributed by atoms with Gasteiger partial charge in [0.25, 0.3) is 0 Å². The van der Waals surface area contributed by atoms with Crippen molar-refractivity contribution >= 4 is 17.1 Å². The van der Waals surface area contributed by atoms with Gasteiger partial charge >= 0.3 is 0 Å². The highest BCUT2D eigenvalue weighted by atomic mass is 16.3. The number of rotatable bonds is 2. The van der Waals surface area contributed by atoms with Gasteiger partial charge in [-0.2, -0.15) is 0 Å². The van der Waals surface area contributed by atoms with Crippen LogP contribution in [-0.2, 0) is 0 Å². The normalized spacial score (nSPS) is 10.7. The number of aromatic nitrogens is 3. The van der Waals surface area contributed by atoms with E-state index in [0.717, 1.165) is 22.3 Å². The van der Waals surface area contributed by atoms with E-state index in [9.17, 15) is 5.11 Å². The molecule has 2 aromatic carbocycles. The lowest BCUT2D eigenvalue weighted by Gasteiger charge is -2.04. The fraction of sp³-hybridized carbons (Fsp3) is 0. The first-order valence-electron chi connectivity index (χ1n) is 5.56. The molecule has 0 atom stereocenters. The summed E-state index contributed by atoms with van der Waals surface area (Å²) in [6.45, 7) is 3.73. The van der Waals surface area contributed by atoms with Crippen molar-refractivity contribution in [2.75, 3.05) is 0 Å². The van der Waals surface area contributed by atoms with Crippen molar-refractivity contribution in [1.29, 1.82) is 0 Å². The molecule has 0 saturated carbocycles. The predicted octanol–water partition coefficient (Wildman–Crippen LogP) is 2.77. The maximum atomic E-state index is 9.46. The molecule has 0 bridgehead atoms. The Kier molecular flexibility index (Phi) is 2.34. The molecule has 1 aromatic heterocycles. The molecule has 3 aromatic rings. The minimum Gasteiger partial charge on any atom is -0.508 e. The Balaban J connectivity index is 2.22. The van der Waals surface area contributed by atoms with E-state index in [-0.39, 0.29) is 5.75 Å². The second-order valence-corrected chi connectivity index (χ2v) is 3.93. The minimum atomic E-state index is 0.199. The van der Waals surface area contributed by atoms with Crippen LogP contribution in [0.3, 0.4) is 0 Å². The van der Waals surface area contributed by atoms with Gasteiger partial charge < -0.3 is 5.11 Å². The molecule has 4 nitrogen and oxygen atoms in total. The zero-order valence-corrected chi connectivity index (χ0v) is 9.61. The Hall–Kier alpha value is -2.62. The number of benzene rings is 2. The second kappa shape index (κ2) is 4.00. The Labute approximate surface area is 104 Å². The van der Waals surface area contributed by atoms with Crippen molar-refractivity contribution in [3.8, 4) is 11.4 Å². The first-order valence-corrected chi connectivity index (χ1v) is 5.56. The van der Waals surface area contributed by atoms with Gasteiger partial charge in [0, 0.05) is 5.56 Å². The van der Waals surface area contributed by atoms with E-state index >= 15 is 0 Å². The summed E-state index contributed by atoms with van der Waals surface area (Å²) in [5.74, 6) is 0.199. The maximum absolute atomic E-state index is 9.46. The largest absolute Gasteiger partial charge is 0.508 e. The van der Waals surface area contributed by atoms with Crippen LogP contribution in [0.2, 0.25) is 0 Å². The van der Waals surface area contributed by atoms with Crippen molar-refractivity contribution in [2.24, 2.45) is 0 Å². The average molecular weight is 237 g/mol. The molecule has 18 heavy (non-hydrogen) atoms. The van der Waals surface area contributed by atoms with Crippen molar-refractivity contribution in [1.82, 2.24) is 15.0 Å². The zero-order valence-electron chi connectivity index (χ0n) is 9.61. The quantitative estimate of drug-likeness (QED) is 0.745. The summed E-state index contributed by atoms with van der Waals surface area (Å²) in [7, 11) is 0. The van der Waals surface area contributed by atoms with Crippen molar-refractivity contribution in [3.63, 3.8) is 0 Å². The molecule has 1 heterocycles. The fourth-order valence-electron chi connectivity index (χ4n) is 1.86. The molecule has 0 unspecified atom stereocenters. The van der Waals surface area contributed by atoms with Crippen LogP contribution >= 0.6 is 0 Å². The number of phenolic OH excluding ortho intramolecular Hbond substituents is 1. The molecule has 3 rings (SSSR count). The van der Waals surface area contributed by atoms with Gasteiger partial charge in [0.1, 0.15) is 16.8 Å². The topological polar surface area (TPSA) is 50.9 Å². The van der Waals surface area contributed by atoms with E-state index in [4.69, 9.17) is 0 Å². The van der Waals surface area contributed by atoms with Crippen molar-refractivity contribution in [3.05, 3.63) is 54.6 Å². The van der Waals surface area contributed by atoms with Crippen LogP contribution in [0.25, 0.3) is 22.8 Å². The fourth-order valence-corrected chi connectivity index (χ4v) is 1.86. The lowest BCUT2D eigenvalue weighted by Crippen LogP contribution is -2.00. The van der Waals surface area contributed by atoms with Gasteiger partial charge in [0.15, 0.2) is 0 Å². The van der Waals surface area contributed by atoms with Crippen LogP contribution in [0.4, 0.5) is 0 Å². The maximum Gasteiger partial charge on any atom is 0.116 e. The molecule has 0 aliphatic heterocycles. The summed E-state index contributed by atoms with van der Waals surface area (Å²) in [4.78, 5) is 1.56. The third-order valence-electron chi connectivity index (χ3n) is 2.73. The average Bonchev–Trinajstić information content (AvgIpc) is 2.82. The van der Waals surface area contributed by atoms with Crippen LogP contribution in [0.1, 0.15) is 5.56 Å². The molecule has 4 heteroatoms. The molecular formula is C14H11N3O. The van der Waals surface area contributed by atoms with Crippen LogP contribution in [-0.4, -0.2) is 20.1 Å². The minimum absolute atomic E-state index is 0.199. The summed E-state index contributed by atoms with van der Waals surface area (Å²) in [5.41, 5.74) is 3.25. The predicted molar refractivity (Wildman–Crippen MR) is 70.6 cm³/mol. The molecule has 0 radical (unpaired) electrons. The Morgan fingerprint density at radius 2 is 1.72 bits per heavy atom. The molecule has 0 aliphatic rings. The molecule has 1 N–H and O–H groups in total. The number of hydrogen-bond donors (Lipinski definition) is 1. The van der Waals surface area contributed by atoms with Gasteiger partial charge in [-0.05, 0) is 30.3 Å². The highest BCUT2D eigenvalue weighted by molar-refractivity contribution is 5.74. The van der Waals surface area contributed by atoms with E-state index in [0.29, 0.717) is 0 Å². The van der Waals surface area contributed by atoms with Gasteiger partial charge in [0.05, 0.1) is 5.69 Å². The zero-order chi connectivity index (χ0) is 12.5. The molecule has 0 spiro atoms.